The van der Waals surface area contributed by atoms with Crippen LogP contribution in [0.4, 0.5) is 10.3 Å². The number of piperidine rings is 1. The van der Waals surface area contributed by atoms with E-state index in [1.807, 2.05) is 29.2 Å². The Morgan fingerprint density at radius 3 is 2.65 bits per heavy atom. The molecule has 6 nitrogen and oxygen atoms in total. The van der Waals surface area contributed by atoms with Crippen molar-refractivity contribution in [3.8, 4) is 16.9 Å². The number of nitrogens with two attached hydrogens (primary N) is 1. The highest BCUT2D eigenvalue weighted by molar-refractivity contribution is 5.79. The molecule has 0 radical (unpaired) electrons. The van der Waals surface area contributed by atoms with Gasteiger partial charge in [-0.1, -0.05) is 24.3 Å². The van der Waals surface area contributed by atoms with Crippen molar-refractivity contribution >= 4 is 11.9 Å². The molecule has 4 rings (SSSR count). The third kappa shape index (κ3) is 4.82. The van der Waals surface area contributed by atoms with E-state index in [9.17, 15) is 9.18 Å². The van der Waals surface area contributed by atoms with Crippen molar-refractivity contribution in [3.05, 3.63) is 71.8 Å². The van der Waals surface area contributed by atoms with Gasteiger partial charge in [0.05, 0.1) is 19.2 Å². The van der Waals surface area contributed by atoms with Gasteiger partial charge < -0.3 is 15.4 Å². The molecule has 2 aromatic carbocycles. The maximum Gasteiger partial charge on any atom is 0.227 e. The summed E-state index contributed by atoms with van der Waals surface area (Å²) in [6, 6.07) is 13.8. The van der Waals surface area contributed by atoms with Crippen LogP contribution in [0.3, 0.4) is 0 Å². The number of hydrogen-bond acceptors (Lipinski definition) is 5. The molecule has 1 aliphatic heterocycles. The van der Waals surface area contributed by atoms with Crippen molar-refractivity contribution in [1.29, 1.82) is 0 Å². The monoisotopic (exact) mass is 420 g/mol. The number of aromatic nitrogens is 2. The average Bonchev–Trinajstić information content (AvgIpc) is 2.81. The van der Waals surface area contributed by atoms with E-state index in [-0.39, 0.29) is 30.0 Å². The fourth-order valence-electron chi connectivity index (χ4n) is 4.03. The average molecular weight is 420 g/mol. The summed E-state index contributed by atoms with van der Waals surface area (Å²) in [6.45, 7) is 1.27. The zero-order chi connectivity index (χ0) is 21.8. The van der Waals surface area contributed by atoms with E-state index in [0.717, 1.165) is 41.0 Å². The zero-order valence-corrected chi connectivity index (χ0v) is 17.4. The van der Waals surface area contributed by atoms with Crippen molar-refractivity contribution in [2.75, 3.05) is 25.9 Å². The largest absolute Gasteiger partial charge is 0.497 e. The summed E-state index contributed by atoms with van der Waals surface area (Å²) in [5.74, 6) is 0.790. The number of halogens is 1. The van der Waals surface area contributed by atoms with E-state index in [0.29, 0.717) is 13.1 Å². The molecule has 1 amide bonds. The van der Waals surface area contributed by atoms with Crippen LogP contribution in [0.5, 0.6) is 5.75 Å². The first-order valence-corrected chi connectivity index (χ1v) is 10.3. The Hall–Kier alpha value is -3.48. The predicted octanol–water partition coefficient (Wildman–Crippen LogP) is 3.82. The second-order valence-electron chi connectivity index (χ2n) is 7.74. The molecule has 1 aromatic heterocycles. The van der Waals surface area contributed by atoms with E-state index in [2.05, 4.69) is 9.97 Å². The standard InChI is InChI=1S/C24H25FN4O2/c1-31-20-10-6-17(7-11-20)21-14-27-24(26)28-23(21)18-3-2-12-29(15-18)22(30)13-16-4-8-19(25)9-5-16/h4-11,14,18H,2-3,12-13,15H2,1H3,(H2,26,27,28). The summed E-state index contributed by atoms with van der Waals surface area (Å²) in [5, 5.41) is 0. The van der Waals surface area contributed by atoms with Gasteiger partial charge in [0.15, 0.2) is 0 Å². The Morgan fingerprint density at radius 2 is 1.94 bits per heavy atom. The van der Waals surface area contributed by atoms with Gasteiger partial charge in [-0.05, 0) is 48.2 Å². The van der Waals surface area contributed by atoms with E-state index in [1.54, 1.807) is 25.4 Å². The van der Waals surface area contributed by atoms with Gasteiger partial charge in [-0.15, -0.1) is 0 Å². The molecule has 31 heavy (non-hydrogen) atoms. The van der Waals surface area contributed by atoms with Crippen LogP contribution >= 0.6 is 0 Å². The van der Waals surface area contributed by atoms with Gasteiger partial charge in [0.1, 0.15) is 11.6 Å². The van der Waals surface area contributed by atoms with E-state index >= 15 is 0 Å². The molecule has 0 spiro atoms. The number of carbonyl (C=O) groups excluding carboxylic acids is 1. The molecule has 0 saturated carbocycles. The van der Waals surface area contributed by atoms with Crippen molar-refractivity contribution in [2.45, 2.75) is 25.2 Å². The molecule has 1 fully saturated rings. The number of benzene rings is 2. The van der Waals surface area contributed by atoms with Gasteiger partial charge in [-0.2, -0.15) is 0 Å². The van der Waals surface area contributed by atoms with Crippen LogP contribution in [-0.4, -0.2) is 41.0 Å². The van der Waals surface area contributed by atoms with Crippen LogP contribution < -0.4 is 10.5 Å². The van der Waals surface area contributed by atoms with Gasteiger partial charge in [0, 0.05) is 30.8 Å². The van der Waals surface area contributed by atoms with Gasteiger partial charge in [-0.25, -0.2) is 14.4 Å². The van der Waals surface area contributed by atoms with Crippen LogP contribution in [0, 0.1) is 5.82 Å². The molecular formula is C24H25FN4O2. The highest BCUT2D eigenvalue weighted by atomic mass is 19.1. The molecule has 0 bridgehead atoms. The lowest BCUT2D eigenvalue weighted by Gasteiger charge is -2.33. The van der Waals surface area contributed by atoms with Crippen LogP contribution in [0.25, 0.3) is 11.1 Å². The lowest BCUT2D eigenvalue weighted by Crippen LogP contribution is -2.40. The molecule has 2 heterocycles. The van der Waals surface area contributed by atoms with Crippen molar-refractivity contribution in [2.24, 2.45) is 0 Å². The predicted molar refractivity (Wildman–Crippen MR) is 117 cm³/mol. The topological polar surface area (TPSA) is 81.3 Å². The van der Waals surface area contributed by atoms with Crippen LogP contribution in [0.2, 0.25) is 0 Å². The minimum absolute atomic E-state index is 0.0318. The zero-order valence-electron chi connectivity index (χ0n) is 17.4. The second-order valence-corrected chi connectivity index (χ2v) is 7.74. The van der Waals surface area contributed by atoms with E-state index in [4.69, 9.17) is 10.5 Å². The Bertz CT molecular complexity index is 1050. The summed E-state index contributed by atoms with van der Waals surface area (Å²) in [6.07, 6.45) is 3.80. The Labute approximate surface area is 180 Å². The van der Waals surface area contributed by atoms with Crippen molar-refractivity contribution in [3.63, 3.8) is 0 Å². The molecule has 1 saturated heterocycles. The fraction of sp³-hybridized carbons (Fsp3) is 0.292. The highest BCUT2D eigenvalue weighted by Crippen LogP contribution is 2.34. The third-order valence-corrected chi connectivity index (χ3v) is 5.67. The number of anilines is 1. The molecule has 0 aliphatic carbocycles. The van der Waals surface area contributed by atoms with Crippen molar-refractivity contribution < 1.29 is 13.9 Å². The minimum Gasteiger partial charge on any atom is -0.497 e. The summed E-state index contributed by atoms with van der Waals surface area (Å²) in [5.41, 5.74) is 9.47. The maximum atomic E-state index is 13.1. The first-order valence-electron chi connectivity index (χ1n) is 10.3. The van der Waals surface area contributed by atoms with Crippen LogP contribution in [0.1, 0.15) is 30.0 Å². The van der Waals surface area contributed by atoms with Gasteiger partial charge in [-0.3, -0.25) is 4.79 Å². The third-order valence-electron chi connectivity index (χ3n) is 5.67. The number of hydrogen-bond donors (Lipinski definition) is 1. The number of amides is 1. The second kappa shape index (κ2) is 9.12. The minimum atomic E-state index is -0.304. The summed E-state index contributed by atoms with van der Waals surface area (Å²) >= 11 is 0. The Morgan fingerprint density at radius 1 is 1.19 bits per heavy atom. The van der Waals surface area contributed by atoms with Crippen LogP contribution in [0.15, 0.2) is 54.7 Å². The molecule has 1 unspecified atom stereocenters. The van der Waals surface area contributed by atoms with Gasteiger partial charge >= 0.3 is 0 Å². The highest BCUT2D eigenvalue weighted by Gasteiger charge is 2.28. The number of carbonyl (C=O) groups is 1. The molecular weight excluding hydrogens is 395 g/mol. The van der Waals surface area contributed by atoms with Crippen molar-refractivity contribution in [1.82, 2.24) is 14.9 Å². The lowest BCUT2D eigenvalue weighted by molar-refractivity contribution is -0.131. The maximum absolute atomic E-state index is 13.1. The Kier molecular flexibility index (Phi) is 6.11. The number of methoxy groups -OCH3 is 1. The summed E-state index contributed by atoms with van der Waals surface area (Å²) in [4.78, 5) is 23.5. The summed E-state index contributed by atoms with van der Waals surface area (Å²) < 4.78 is 18.4. The molecule has 1 aliphatic rings. The number of nitrogens with zero attached hydrogens (tertiary/aromatic N) is 3. The molecule has 2 N–H and O–H groups in total. The van der Waals surface area contributed by atoms with Gasteiger partial charge in [0.2, 0.25) is 11.9 Å². The number of rotatable bonds is 5. The number of ether oxygens (including phenoxy) is 1. The molecule has 160 valence electrons. The van der Waals surface area contributed by atoms with E-state index < -0.39 is 0 Å². The van der Waals surface area contributed by atoms with E-state index in [1.165, 1.54) is 12.1 Å². The fourth-order valence-corrected chi connectivity index (χ4v) is 4.03. The lowest BCUT2D eigenvalue weighted by atomic mass is 9.89. The normalized spacial score (nSPS) is 16.2. The summed E-state index contributed by atoms with van der Waals surface area (Å²) in [7, 11) is 1.63. The Balaban J connectivity index is 1.55. The number of nitrogen functional groups attached to an aromatic ring is 1. The first kappa shape index (κ1) is 20.8. The van der Waals surface area contributed by atoms with Crippen LogP contribution in [-0.2, 0) is 11.2 Å². The first-order chi connectivity index (χ1) is 15.0. The molecule has 7 heteroatoms. The van der Waals surface area contributed by atoms with Gasteiger partial charge in [0.25, 0.3) is 0 Å². The quantitative estimate of drug-likeness (QED) is 0.679. The molecule has 1 atom stereocenters. The smallest absolute Gasteiger partial charge is 0.227 e. The SMILES string of the molecule is COc1ccc(-c2cnc(N)nc2C2CCCN(C(=O)Cc3ccc(F)cc3)C2)cc1. The number of likely N-dealkylation sites (tertiary alicyclic amines) is 1. The molecule has 3 aromatic rings.